The van der Waals surface area contributed by atoms with Crippen LogP contribution in [0.1, 0.15) is 18.1 Å². The van der Waals surface area contributed by atoms with E-state index in [1.54, 1.807) is 0 Å². The molecular weight excluding hydrogens is 365 g/mol. The second kappa shape index (κ2) is 7.28. The van der Waals surface area contributed by atoms with Crippen molar-refractivity contribution in [2.45, 2.75) is 20.0 Å². The Kier molecular flexibility index (Phi) is 5.40. The molecule has 0 heterocycles. The summed E-state index contributed by atoms with van der Waals surface area (Å²) in [7, 11) is 0. The number of halogens is 1. The van der Waals surface area contributed by atoms with Crippen LogP contribution in [0.2, 0.25) is 0 Å². The molecule has 20 heavy (non-hydrogen) atoms. The zero-order chi connectivity index (χ0) is 14.4. The van der Waals surface area contributed by atoms with Crippen molar-refractivity contribution in [2.75, 3.05) is 5.32 Å². The van der Waals surface area contributed by atoms with E-state index in [1.807, 2.05) is 42.5 Å². The summed E-state index contributed by atoms with van der Waals surface area (Å²) < 4.78 is 6.37. The second-order valence-electron chi connectivity index (χ2n) is 4.34. The quantitative estimate of drug-likeness (QED) is 0.786. The van der Waals surface area contributed by atoms with E-state index >= 15 is 0 Å². The molecule has 0 aliphatic carbocycles. The lowest BCUT2D eigenvalue weighted by Gasteiger charge is -2.11. The van der Waals surface area contributed by atoms with Gasteiger partial charge in [-0.3, -0.25) is 5.32 Å². The lowest BCUT2D eigenvalue weighted by atomic mass is 10.1. The molecule has 0 aromatic heterocycles. The van der Waals surface area contributed by atoms with Crippen molar-refractivity contribution >= 4 is 34.4 Å². The van der Waals surface area contributed by atoms with Gasteiger partial charge in [0.15, 0.2) is 0 Å². The standard InChI is InChI=1S/C16H16INO2/c1-2-13-10-14(17)8-9-15(13)18-16(19)20-11-12-6-4-3-5-7-12/h3-10H,2,11H2,1H3,(H,18,19). The smallest absolute Gasteiger partial charge is 0.411 e. The molecule has 0 bridgehead atoms. The van der Waals surface area contributed by atoms with Gasteiger partial charge in [0.25, 0.3) is 0 Å². The van der Waals surface area contributed by atoms with Gasteiger partial charge in [0.05, 0.1) is 0 Å². The first-order valence-electron chi connectivity index (χ1n) is 6.45. The van der Waals surface area contributed by atoms with Crippen molar-refractivity contribution in [3.8, 4) is 0 Å². The van der Waals surface area contributed by atoms with E-state index in [2.05, 4.69) is 40.9 Å². The molecule has 0 spiro atoms. The molecule has 0 saturated heterocycles. The van der Waals surface area contributed by atoms with Crippen LogP contribution in [0.5, 0.6) is 0 Å². The number of carbonyl (C=O) groups is 1. The van der Waals surface area contributed by atoms with Crippen LogP contribution in [-0.2, 0) is 17.8 Å². The van der Waals surface area contributed by atoms with E-state index in [0.29, 0.717) is 0 Å². The molecule has 0 aliphatic rings. The second-order valence-corrected chi connectivity index (χ2v) is 5.59. The first-order chi connectivity index (χ1) is 9.69. The number of anilines is 1. The topological polar surface area (TPSA) is 38.3 Å². The van der Waals surface area contributed by atoms with Crippen molar-refractivity contribution in [1.82, 2.24) is 0 Å². The minimum absolute atomic E-state index is 0.276. The summed E-state index contributed by atoms with van der Waals surface area (Å²) >= 11 is 2.26. The monoisotopic (exact) mass is 381 g/mol. The van der Waals surface area contributed by atoms with Crippen molar-refractivity contribution in [2.24, 2.45) is 0 Å². The number of ether oxygens (including phenoxy) is 1. The normalized spacial score (nSPS) is 10.1. The van der Waals surface area contributed by atoms with Gasteiger partial charge in [0.1, 0.15) is 6.61 Å². The minimum atomic E-state index is -0.426. The lowest BCUT2D eigenvalue weighted by Crippen LogP contribution is -2.14. The maximum absolute atomic E-state index is 11.8. The maximum atomic E-state index is 11.8. The Morgan fingerprint density at radius 2 is 1.95 bits per heavy atom. The van der Waals surface area contributed by atoms with E-state index in [1.165, 1.54) is 0 Å². The fourth-order valence-corrected chi connectivity index (χ4v) is 2.40. The number of carbonyl (C=O) groups excluding carboxylic acids is 1. The molecule has 1 N–H and O–H groups in total. The molecule has 2 aromatic rings. The summed E-state index contributed by atoms with van der Waals surface area (Å²) in [5, 5.41) is 2.79. The van der Waals surface area contributed by atoms with E-state index in [0.717, 1.165) is 26.8 Å². The number of hydrogen-bond acceptors (Lipinski definition) is 2. The highest BCUT2D eigenvalue weighted by molar-refractivity contribution is 14.1. The number of amides is 1. The number of rotatable bonds is 4. The number of aryl methyl sites for hydroxylation is 1. The van der Waals surface area contributed by atoms with Crippen LogP contribution in [0.3, 0.4) is 0 Å². The zero-order valence-electron chi connectivity index (χ0n) is 11.2. The Morgan fingerprint density at radius 3 is 2.65 bits per heavy atom. The largest absolute Gasteiger partial charge is 0.444 e. The third kappa shape index (κ3) is 4.23. The van der Waals surface area contributed by atoms with Gasteiger partial charge < -0.3 is 4.74 Å². The third-order valence-corrected chi connectivity index (χ3v) is 3.57. The number of nitrogens with one attached hydrogen (secondary N) is 1. The van der Waals surface area contributed by atoms with Gasteiger partial charge in [-0.2, -0.15) is 0 Å². The van der Waals surface area contributed by atoms with E-state index < -0.39 is 6.09 Å². The van der Waals surface area contributed by atoms with Gasteiger partial charge in [0, 0.05) is 9.26 Å². The Balaban J connectivity index is 1.95. The van der Waals surface area contributed by atoms with Crippen LogP contribution >= 0.6 is 22.6 Å². The number of benzene rings is 2. The molecule has 1 amide bonds. The van der Waals surface area contributed by atoms with Crippen LogP contribution in [0.15, 0.2) is 48.5 Å². The molecule has 0 saturated carbocycles. The summed E-state index contributed by atoms with van der Waals surface area (Å²) in [5.41, 5.74) is 2.89. The van der Waals surface area contributed by atoms with Gasteiger partial charge in [0.2, 0.25) is 0 Å². The van der Waals surface area contributed by atoms with Crippen LogP contribution in [0.25, 0.3) is 0 Å². The molecule has 0 fully saturated rings. The average molecular weight is 381 g/mol. The summed E-state index contributed by atoms with van der Waals surface area (Å²) in [5.74, 6) is 0. The predicted octanol–water partition coefficient (Wildman–Crippen LogP) is 4.60. The molecular formula is C16H16INO2. The summed E-state index contributed by atoms with van der Waals surface area (Å²) in [6.07, 6.45) is 0.440. The van der Waals surface area contributed by atoms with Crippen molar-refractivity contribution in [1.29, 1.82) is 0 Å². The van der Waals surface area contributed by atoms with Crippen molar-refractivity contribution in [3.63, 3.8) is 0 Å². The molecule has 2 aromatic carbocycles. The van der Waals surface area contributed by atoms with Gasteiger partial charge >= 0.3 is 6.09 Å². The Bertz CT molecular complexity index is 584. The minimum Gasteiger partial charge on any atom is -0.444 e. The van der Waals surface area contributed by atoms with Crippen molar-refractivity contribution in [3.05, 3.63) is 63.2 Å². The Hall–Kier alpha value is -1.56. The van der Waals surface area contributed by atoms with E-state index in [9.17, 15) is 4.79 Å². The van der Waals surface area contributed by atoms with Crippen molar-refractivity contribution < 1.29 is 9.53 Å². The number of hydrogen-bond donors (Lipinski definition) is 1. The van der Waals surface area contributed by atoms with Crippen LogP contribution in [0.4, 0.5) is 10.5 Å². The molecule has 0 aliphatic heterocycles. The Labute approximate surface area is 132 Å². The molecule has 0 unspecified atom stereocenters. The van der Waals surface area contributed by atoms with Gasteiger partial charge in [-0.15, -0.1) is 0 Å². The van der Waals surface area contributed by atoms with Gasteiger partial charge in [-0.25, -0.2) is 4.79 Å². The maximum Gasteiger partial charge on any atom is 0.411 e. The highest BCUT2D eigenvalue weighted by atomic mass is 127. The first kappa shape index (κ1) is 14.8. The predicted molar refractivity (Wildman–Crippen MR) is 88.8 cm³/mol. The summed E-state index contributed by atoms with van der Waals surface area (Å²) in [6, 6.07) is 15.6. The van der Waals surface area contributed by atoms with E-state index in [-0.39, 0.29) is 6.61 Å². The highest BCUT2D eigenvalue weighted by Gasteiger charge is 2.07. The molecule has 3 nitrogen and oxygen atoms in total. The summed E-state index contributed by atoms with van der Waals surface area (Å²) in [6.45, 7) is 2.34. The molecule has 104 valence electrons. The third-order valence-electron chi connectivity index (χ3n) is 2.90. The molecule has 0 radical (unpaired) electrons. The first-order valence-corrected chi connectivity index (χ1v) is 7.53. The van der Waals surface area contributed by atoms with E-state index in [4.69, 9.17) is 4.74 Å². The van der Waals surface area contributed by atoms with Crippen LogP contribution < -0.4 is 5.32 Å². The average Bonchev–Trinajstić information content (AvgIpc) is 2.48. The Morgan fingerprint density at radius 1 is 1.20 bits per heavy atom. The highest BCUT2D eigenvalue weighted by Crippen LogP contribution is 2.19. The van der Waals surface area contributed by atoms with Gasteiger partial charge in [-0.05, 0) is 58.3 Å². The van der Waals surface area contributed by atoms with Crippen LogP contribution in [0, 0.1) is 3.57 Å². The fourth-order valence-electron chi connectivity index (χ4n) is 1.85. The summed E-state index contributed by atoms with van der Waals surface area (Å²) in [4.78, 5) is 11.8. The lowest BCUT2D eigenvalue weighted by molar-refractivity contribution is 0.155. The van der Waals surface area contributed by atoms with Crippen LogP contribution in [-0.4, -0.2) is 6.09 Å². The molecule has 4 heteroatoms. The SMILES string of the molecule is CCc1cc(I)ccc1NC(=O)OCc1ccccc1. The molecule has 2 rings (SSSR count). The zero-order valence-corrected chi connectivity index (χ0v) is 13.4. The van der Waals surface area contributed by atoms with Gasteiger partial charge in [-0.1, -0.05) is 37.3 Å². The molecule has 0 atom stereocenters. The fraction of sp³-hybridized carbons (Fsp3) is 0.188.